The summed E-state index contributed by atoms with van der Waals surface area (Å²) < 4.78 is 33.5. The van der Waals surface area contributed by atoms with Gasteiger partial charge in [-0.05, 0) is 49.4 Å². The molecule has 1 aromatic heterocycles. The van der Waals surface area contributed by atoms with Crippen molar-refractivity contribution in [3.63, 3.8) is 0 Å². The van der Waals surface area contributed by atoms with E-state index in [-0.39, 0.29) is 0 Å². The number of hydrogen-bond donors (Lipinski definition) is 0. The second kappa shape index (κ2) is 7.72. The molecule has 1 atom stereocenters. The fourth-order valence-electron chi connectivity index (χ4n) is 3.71. The minimum Gasteiger partial charge on any atom is -0.337 e. The summed E-state index contributed by atoms with van der Waals surface area (Å²) in [5.74, 6) is 1.18. The van der Waals surface area contributed by atoms with Gasteiger partial charge in [0.25, 0.3) is 0 Å². The van der Waals surface area contributed by atoms with Gasteiger partial charge in [0.15, 0.2) is 0 Å². The Morgan fingerprint density at radius 1 is 1.14 bits per heavy atom. The quantitative estimate of drug-likeness (QED) is 0.608. The fraction of sp³-hybridized carbons (Fsp3) is 0.364. The van der Waals surface area contributed by atoms with Gasteiger partial charge in [0.05, 0.1) is 4.90 Å². The molecule has 6 nitrogen and oxygen atoms in total. The van der Waals surface area contributed by atoms with E-state index in [1.165, 1.54) is 4.31 Å². The molecule has 7 heteroatoms. The SMILES string of the molecule is Cc1cccc(-c2noc([C@H]3CCCN3S(=O)(=O)c3ccc(C(C)C)cc3)n2)c1. The maximum Gasteiger partial charge on any atom is 0.245 e. The van der Waals surface area contributed by atoms with Gasteiger partial charge >= 0.3 is 0 Å². The smallest absolute Gasteiger partial charge is 0.245 e. The van der Waals surface area contributed by atoms with Crippen LogP contribution in [0.5, 0.6) is 0 Å². The van der Waals surface area contributed by atoms with Crippen LogP contribution in [-0.2, 0) is 10.0 Å². The van der Waals surface area contributed by atoms with Crippen LogP contribution in [-0.4, -0.2) is 29.4 Å². The molecule has 3 aromatic rings. The molecule has 0 bridgehead atoms. The normalized spacial score (nSPS) is 17.9. The summed E-state index contributed by atoms with van der Waals surface area (Å²) in [7, 11) is -3.64. The van der Waals surface area contributed by atoms with Crippen molar-refractivity contribution in [2.45, 2.75) is 50.5 Å². The molecule has 1 saturated heterocycles. The zero-order valence-corrected chi connectivity index (χ0v) is 17.7. The summed E-state index contributed by atoms with van der Waals surface area (Å²) in [5, 5.41) is 4.08. The van der Waals surface area contributed by atoms with Gasteiger partial charge in [-0.2, -0.15) is 9.29 Å². The Morgan fingerprint density at radius 3 is 2.59 bits per heavy atom. The molecule has 29 heavy (non-hydrogen) atoms. The second-order valence-electron chi connectivity index (χ2n) is 7.82. The Hall–Kier alpha value is -2.51. The van der Waals surface area contributed by atoms with Gasteiger partial charge in [-0.15, -0.1) is 0 Å². The molecule has 0 amide bonds. The van der Waals surface area contributed by atoms with Crippen molar-refractivity contribution >= 4 is 10.0 Å². The van der Waals surface area contributed by atoms with Gasteiger partial charge in [-0.25, -0.2) is 8.42 Å². The summed E-state index contributed by atoms with van der Waals surface area (Å²) in [4.78, 5) is 4.81. The van der Waals surface area contributed by atoms with E-state index < -0.39 is 16.1 Å². The first kappa shape index (κ1) is 19.8. The predicted octanol–water partition coefficient (Wildman–Crippen LogP) is 4.69. The highest BCUT2D eigenvalue weighted by Crippen LogP contribution is 2.36. The van der Waals surface area contributed by atoms with Crippen LogP contribution in [0, 0.1) is 6.92 Å². The molecule has 0 unspecified atom stereocenters. The Bertz CT molecular complexity index is 1100. The van der Waals surface area contributed by atoms with Gasteiger partial charge in [0.2, 0.25) is 21.7 Å². The van der Waals surface area contributed by atoms with Gasteiger partial charge in [-0.3, -0.25) is 0 Å². The molecule has 0 saturated carbocycles. The van der Waals surface area contributed by atoms with E-state index in [0.717, 1.165) is 23.1 Å². The number of aromatic nitrogens is 2. The summed E-state index contributed by atoms with van der Waals surface area (Å²) in [6, 6.07) is 14.5. The number of hydrogen-bond acceptors (Lipinski definition) is 5. The van der Waals surface area contributed by atoms with Crippen molar-refractivity contribution in [1.29, 1.82) is 0 Å². The minimum absolute atomic E-state index is 0.298. The highest BCUT2D eigenvalue weighted by Gasteiger charge is 2.39. The van der Waals surface area contributed by atoms with E-state index >= 15 is 0 Å². The molecule has 1 aliphatic rings. The van der Waals surface area contributed by atoms with Crippen molar-refractivity contribution < 1.29 is 12.9 Å². The topological polar surface area (TPSA) is 76.3 Å². The average Bonchev–Trinajstić information content (AvgIpc) is 3.37. The second-order valence-corrected chi connectivity index (χ2v) is 9.71. The monoisotopic (exact) mass is 411 g/mol. The number of sulfonamides is 1. The first-order valence-corrected chi connectivity index (χ1v) is 11.3. The Balaban J connectivity index is 1.62. The lowest BCUT2D eigenvalue weighted by atomic mass is 10.0. The molecule has 0 N–H and O–H groups in total. The molecule has 0 radical (unpaired) electrons. The van der Waals surface area contributed by atoms with Crippen molar-refractivity contribution in [3.05, 3.63) is 65.5 Å². The highest BCUT2D eigenvalue weighted by atomic mass is 32.2. The molecule has 2 aromatic carbocycles. The van der Waals surface area contributed by atoms with Crippen molar-refractivity contribution in [2.75, 3.05) is 6.54 Å². The van der Waals surface area contributed by atoms with Crippen molar-refractivity contribution in [3.8, 4) is 11.4 Å². The molecule has 1 aliphatic heterocycles. The largest absolute Gasteiger partial charge is 0.337 e. The van der Waals surface area contributed by atoms with E-state index in [1.807, 2.05) is 43.3 Å². The van der Waals surface area contributed by atoms with E-state index in [0.29, 0.717) is 35.5 Å². The Labute approximate surface area is 171 Å². The lowest BCUT2D eigenvalue weighted by molar-refractivity contribution is 0.290. The van der Waals surface area contributed by atoms with Crippen LogP contribution in [0.1, 0.15) is 55.7 Å². The van der Waals surface area contributed by atoms with Gasteiger partial charge in [0, 0.05) is 12.1 Å². The van der Waals surface area contributed by atoms with Crippen LogP contribution in [0.15, 0.2) is 57.9 Å². The lowest BCUT2D eigenvalue weighted by Gasteiger charge is -2.21. The number of benzene rings is 2. The van der Waals surface area contributed by atoms with Crippen molar-refractivity contribution in [1.82, 2.24) is 14.4 Å². The molecule has 2 heterocycles. The zero-order chi connectivity index (χ0) is 20.6. The number of aryl methyl sites for hydroxylation is 1. The molecule has 152 valence electrons. The highest BCUT2D eigenvalue weighted by molar-refractivity contribution is 7.89. The number of nitrogens with zero attached hydrogens (tertiary/aromatic N) is 3. The van der Waals surface area contributed by atoms with Crippen LogP contribution >= 0.6 is 0 Å². The first-order chi connectivity index (χ1) is 13.9. The van der Waals surface area contributed by atoms with Gasteiger partial charge < -0.3 is 4.52 Å². The van der Waals surface area contributed by atoms with Gasteiger partial charge in [-0.1, -0.05) is 54.9 Å². The summed E-state index contributed by atoms with van der Waals surface area (Å²) in [6.45, 7) is 6.62. The molecule has 0 spiro atoms. The first-order valence-electron chi connectivity index (χ1n) is 9.89. The molecular formula is C22H25N3O3S. The van der Waals surface area contributed by atoms with E-state index in [1.54, 1.807) is 12.1 Å². The maximum absolute atomic E-state index is 13.3. The molecule has 1 fully saturated rings. The standard InChI is InChI=1S/C22H25N3O3S/c1-15(2)17-9-11-19(12-10-17)29(26,27)25-13-5-8-20(25)22-23-21(24-28-22)18-7-4-6-16(3)14-18/h4,6-7,9-12,14-15,20H,5,8,13H2,1-3H3/t20-/m1/s1. The number of rotatable bonds is 5. The third-order valence-corrected chi connectivity index (χ3v) is 7.28. The molecule has 4 rings (SSSR count). The molecular weight excluding hydrogens is 386 g/mol. The minimum atomic E-state index is -3.64. The van der Waals surface area contributed by atoms with E-state index in [4.69, 9.17) is 4.52 Å². The average molecular weight is 412 g/mol. The summed E-state index contributed by atoms with van der Waals surface area (Å²) in [6.07, 6.45) is 1.43. The van der Waals surface area contributed by atoms with Crippen LogP contribution in [0.4, 0.5) is 0 Å². The third-order valence-electron chi connectivity index (χ3n) is 5.36. The van der Waals surface area contributed by atoms with Crippen LogP contribution < -0.4 is 0 Å². The summed E-state index contributed by atoms with van der Waals surface area (Å²) in [5.41, 5.74) is 3.07. The Kier molecular flexibility index (Phi) is 5.27. The van der Waals surface area contributed by atoms with Crippen LogP contribution in [0.25, 0.3) is 11.4 Å². The Morgan fingerprint density at radius 2 is 1.90 bits per heavy atom. The van der Waals surface area contributed by atoms with Crippen LogP contribution in [0.2, 0.25) is 0 Å². The van der Waals surface area contributed by atoms with Crippen molar-refractivity contribution in [2.24, 2.45) is 0 Å². The lowest BCUT2D eigenvalue weighted by Crippen LogP contribution is -2.30. The van der Waals surface area contributed by atoms with Crippen LogP contribution in [0.3, 0.4) is 0 Å². The van der Waals surface area contributed by atoms with E-state index in [9.17, 15) is 8.42 Å². The maximum atomic E-state index is 13.3. The van der Waals surface area contributed by atoms with E-state index in [2.05, 4.69) is 24.0 Å². The third kappa shape index (κ3) is 3.84. The fourth-order valence-corrected chi connectivity index (χ4v) is 5.36. The van der Waals surface area contributed by atoms with Gasteiger partial charge in [0.1, 0.15) is 6.04 Å². The predicted molar refractivity (Wildman–Crippen MR) is 111 cm³/mol. The zero-order valence-electron chi connectivity index (χ0n) is 16.9. The summed E-state index contributed by atoms with van der Waals surface area (Å²) >= 11 is 0. The molecule has 0 aliphatic carbocycles.